The molecule has 1 rings (SSSR count). The molecule has 1 aliphatic carbocycles. The van der Waals surface area contributed by atoms with E-state index in [-0.39, 0.29) is 44.3 Å². The molecule has 0 saturated carbocycles. The third-order valence-electron chi connectivity index (χ3n) is 1.33. The second-order valence-electron chi connectivity index (χ2n) is 2.10. The summed E-state index contributed by atoms with van der Waals surface area (Å²) in [6.07, 6.45) is 14.0. The van der Waals surface area contributed by atoms with Gasteiger partial charge in [-0.05, 0) is 25.7 Å². The quantitative estimate of drug-likeness (QED) is 0.471. The average molecular weight is 282 g/mol. The van der Waals surface area contributed by atoms with E-state index in [2.05, 4.69) is 24.3 Å². The molecular weight excluding hydrogens is 268 g/mol. The van der Waals surface area contributed by atoms with E-state index in [1.165, 1.54) is 25.7 Å². The molecule has 0 N–H and O–H groups in total. The van der Waals surface area contributed by atoms with Gasteiger partial charge in [-0.2, -0.15) is 0 Å². The molecule has 0 aromatic carbocycles. The van der Waals surface area contributed by atoms with Crippen LogP contribution in [0.2, 0.25) is 0 Å². The first-order chi connectivity index (χ1) is 4.00. The van der Waals surface area contributed by atoms with E-state index >= 15 is 0 Å². The fourth-order valence-electron chi connectivity index (χ4n) is 0.856. The van der Waals surface area contributed by atoms with Crippen LogP contribution in [-0.2, 0) is 19.5 Å². The van der Waals surface area contributed by atoms with Crippen molar-refractivity contribution in [1.29, 1.82) is 0 Å². The molecule has 0 spiro atoms. The van der Waals surface area contributed by atoms with Gasteiger partial charge in [-0.3, -0.25) is 0 Å². The SMILES string of the molecule is C1=CCC/C=C\CC1.Cl.Cl.[Ru]. The minimum atomic E-state index is 0. The Morgan fingerprint density at radius 3 is 0.909 bits per heavy atom. The minimum absolute atomic E-state index is 0. The first-order valence-corrected chi connectivity index (χ1v) is 3.30. The zero-order chi connectivity index (χ0) is 5.66. The molecule has 0 saturated heterocycles. The molecule has 0 aromatic heterocycles. The van der Waals surface area contributed by atoms with Gasteiger partial charge in [0.1, 0.15) is 0 Å². The van der Waals surface area contributed by atoms with Gasteiger partial charge in [0.2, 0.25) is 0 Å². The van der Waals surface area contributed by atoms with Crippen molar-refractivity contribution in [2.45, 2.75) is 25.7 Å². The molecule has 0 radical (unpaired) electrons. The molecule has 0 aromatic rings. The predicted octanol–water partition coefficient (Wildman–Crippen LogP) is 3.51. The van der Waals surface area contributed by atoms with Gasteiger partial charge in [0.25, 0.3) is 0 Å². The number of hydrogen-bond acceptors (Lipinski definition) is 0. The van der Waals surface area contributed by atoms with Crippen LogP contribution in [-0.4, -0.2) is 0 Å². The molecule has 0 atom stereocenters. The normalized spacial score (nSPS) is 17.5. The molecule has 11 heavy (non-hydrogen) atoms. The van der Waals surface area contributed by atoms with Crippen molar-refractivity contribution < 1.29 is 19.5 Å². The molecule has 0 aliphatic heterocycles. The Bertz CT molecular complexity index is 84.7. The fraction of sp³-hybridized carbons (Fsp3) is 0.500. The molecule has 0 fully saturated rings. The van der Waals surface area contributed by atoms with Crippen molar-refractivity contribution in [3.8, 4) is 0 Å². The van der Waals surface area contributed by atoms with E-state index in [1.54, 1.807) is 0 Å². The maximum absolute atomic E-state index is 2.27. The Kier molecular flexibility index (Phi) is 21.4. The molecular formula is C8H14Cl2Ru. The van der Waals surface area contributed by atoms with Crippen LogP contribution in [0.1, 0.15) is 25.7 Å². The van der Waals surface area contributed by atoms with E-state index in [9.17, 15) is 0 Å². The summed E-state index contributed by atoms with van der Waals surface area (Å²) in [4.78, 5) is 0. The molecule has 0 nitrogen and oxygen atoms in total. The summed E-state index contributed by atoms with van der Waals surface area (Å²) in [6.45, 7) is 0. The zero-order valence-corrected chi connectivity index (χ0v) is 9.68. The summed E-state index contributed by atoms with van der Waals surface area (Å²) >= 11 is 0. The second-order valence-corrected chi connectivity index (χ2v) is 2.10. The third-order valence-corrected chi connectivity index (χ3v) is 1.33. The van der Waals surface area contributed by atoms with Crippen molar-refractivity contribution in [1.82, 2.24) is 0 Å². The molecule has 1 aliphatic rings. The standard InChI is InChI=1S/C8H12.2ClH.Ru/c1-2-4-6-8-7-5-3-1;;;/h1-2,7-8H,3-6H2;2*1H;/b2-1-,8-7?;;;. The molecule has 0 bridgehead atoms. The smallest absolute Gasteiger partial charge is 0 e. The topological polar surface area (TPSA) is 0 Å². The van der Waals surface area contributed by atoms with Crippen LogP contribution in [0.5, 0.6) is 0 Å². The largest absolute Gasteiger partial charge is 0.147 e. The van der Waals surface area contributed by atoms with Gasteiger partial charge in [-0.15, -0.1) is 24.8 Å². The molecule has 0 heterocycles. The Morgan fingerprint density at radius 1 is 0.545 bits per heavy atom. The predicted molar refractivity (Wildman–Crippen MR) is 51.2 cm³/mol. The Balaban J connectivity index is -0.000000213. The summed E-state index contributed by atoms with van der Waals surface area (Å²) in [7, 11) is 0. The van der Waals surface area contributed by atoms with E-state index < -0.39 is 0 Å². The molecule has 3 heteroatoms. The van der Waals surface area contributed by atoms with E-state index in [4.69, 9.17) is 0 Å². The maximum atomic E-state index is 2.27. The van der Waals surface area contributed by atoms with Gasteiger partial charge in [-0.1, -0.05) is 24.3 Å². The Morgan fingerprint density at radius 2 is 0.727 bits per heavy atom. The molecule has 68 valence electrons. The summed E-state index contributed by atoms with van der Waals surface area (Å²) in [5, 5.41) is 0. The van der Waals surface area contributed by atoms with Crippen molar-refractivity contribution in [2.24, 2.45) is 0 Å². The van der Waals surface area contributed by atoms with Crippen LogP contribution in [0.25, 0.3) is 0 Å². The van der Waals surface area contributed by atoms with Crippen LogP contribution in [0, 0.1) is 0 Å². The van der Waals surface area contributed by atoms with Crippen molar-refractivity contribution >= 4 is 24.8 Å². The summed E-state index contributed by atoms with van der Waals surface area (Å²) in [5.74, 6) is 0. The Hall–Kier alpha value is 0.683. The van der Waals surface area contributed by atoms with Crippen molar-refractivity contribution in [3.63, 3.8) is 0 Å². The number of halogens is 2. The van der Waals surface area contributed by atoms with Gasteiger partial charge in [0.05, 0.1) is 0 Å². The average Bonchev–Trinajstić information content (AvgIpc) is 1.62. The molecule has 0 unspecified atom stereocenters. The van der Waals surface area contributed by atoms with Crippen LogP contribution < -0.4 is 0 Å². The first kappa shape index (κ1) is 17.7. The fourth-order valence-corrected chi connectivity index (χ4v) is 0.856. The van der Waals surface area contributed by atoms with Gasteiger partial charge in [0.15, 0.2) is 0 Å². The second kappa shape index (κ2) is 13.3. The van der Waals surface area contributed by atoms with Gasteiger partial charge < -0.3 is 0 Å². The molecule has 0 amide bonds. The summed E-state index contributed by atoms with van der Waals surface area (Å²) < 4.78 is 0. The van der Waals surface area contributed by atoms with Gasteiger partial charge in [0, 0.05) is 19.5 Å². The van der Waals surface area contributed by atoms with Crippen LogP contribution in [0.15, 0.2) is 24.3 Å². The van der Waals surface area contributed by atoms with E-state index in [1.807, 2.05) is 0 Å². The number of rotatable bonds is 0. The van der Waals surface area contributed by atoms with Gasteiger partial charge in [-0.25, -0.2) is 0 Å². The van der Waals surface area contributed by atoms with Crippen LogP contribution in [0.3, 0.4) is 0 Å². The number of allylic oxidation sites excluding steroid dienone is 4. The van der Waals surface area contributed by atoms with Crippen molar-refractivity contribution in [3.05, 3.63) is 24.3 Å². The minimum Gasteiger partial charge on any atom is -0.147 e. The van der Waals surface area contributed by atoms with Crippen LogP contribution >= 0.6 is 24.8 Å². The summed E-state index contributed by atoms with van der Waals surface area (Å²) in [5.41, 5.74) is 0. The zero-order valence-electron chi connectivity index (χ0n) is 6.31. The maximum Gasteiger partial charge on any atom is 0 e. The monoisotopic (exact) mass is 282 g/mol. The van der Waals surface area contributed by atoms with Crippen molar-refractivity contribution in [2.75, 3.05) is 0 Å². The van der Waals surface area contributed by atoms with Crippen LogP contribution in [0.4, 0.5) is 0 Å². The Labute approximate surface area is 94.1 Å². The van der Waals surface area contributed by atoms with E-state index in [0.717, 1.165) is 0 Å². The first-order valence-electron chi connectivity index (χ1n) is 3.30. The summed E-state index contributed by atoms with van der Waals surface area (Å²) in [6, 6.07) is 0. The third kappa shape index (κ3) is 10.7. The van der Waals surface area contributed by atoms with Gasteiger partial charge >= 0.3 is 0 Å². The number of hydrogen-bond donors (Lipinski definition) is 0. The van der Waals surface area contributed by atoms with E-state index in [0.29, 0.717) is 0 Å².